The molecule has 3 amide bonds. The minimum Gasteiger partial charge on any atom is -0.384 e. The van der Waals surface area contributed by atoms with E-state index in [0.29, 0.717) is 41.4 Å². The number of nitrogens with one attached hydrogen (secondary N) is 4. The van der Waals surface area contributed by atoms with Crippen LogP contribution in [0.15, 0.2) is 47.5 Å². The molecule has 10 N–H and O–H groups in total. The summed E-state index contributed by atoms with van der Waals surface area (Å²) in [4.78, 5) is 46.1. The maximum atomic E-state index is 14.3. The Morgan fingerprint density at radius 1 is 0.780 bits per heavy atom. The molecule has 2 fully saturated rings. The second-order valence-corrected chi connectivity index (χ2v) is 14.5. The maximum absolute atomic E-state index is 14.3. The minimum atomic E-state index is -0.878. The Morgan fingerprint density at radius 2 is 1.40 bits per heavy atom. The van der Waals surface area contributed by atoms with Crippen LogP contribution >= 0.6 is 23.2 Å². The molecule has 3 atom stereocenters. The van der Waals surface area contributed by atoms with Crippen molar-refractivity contribution >= 4 is 52.7 Å². The van der Waals surface area contributed by atoms with Gasteiger partial charge in [-0.1, -0.05) is 92.1 Å². The zero-order valence-electron chi connectivity index (χ0n) is 28.7. The van der Waals surface area contributed by atoms with Gasteiger partial charge in [-0.05, 0) is 80.0 Å². The van der Waals surface area contributed by atoms with Gasteiger partial charge in [0.05, 0.1) is 10.0 Å². The monoisotopic (exact) mass is 726 g/mol. The normalized spacial score (nSPS) is 17.2. The van der Waals surface area contributed by atoms with Gasteiger partial charge in [0.15, 0.2) is 5.96 Å². The fourth-order valence-electron chi connectivity index (χ4n) is 7.21. The lowest BCUT2D eigenvalue weighted by Crippen LogP contribution is -2.57. The summed E-state index contributed by atoms with van der Waals surface area (Å²) in [6.45, 7) is 0.489. The predicted octanol–water partition coefficient (Wildman–Crippen LogP) is 4.94. The average Bonchev–Trinajstić information content (AvgIpc) is 3.11. The van der Waals surface area contributed by atoms with E-state index in [1.807, 2.05) is 24.3 Å². The van der Waals surface area contributed by atoms with Crippen molar-refractivity contribution in [2.24, 2.45) is 39.9 Å². The lowest BCUT2D eigenvalue weighted by Gasteiger charge is -2.34. The molecule has 0 aliphatic heterocycles. The Hall–Kier alpha value is -3.83. The zero-order chi connectivity index (χ0) is 36.0. The van der Waals surface area contributed by atoms with Gasteiger partial charge in [-0.2, -0.15) is 0 Å². The molecule has 2 aromatic carbocycles. The number of carbonyl (C=O) groups excluding carboxylic acids is 3. The number of amides is 3. The molecule has 4 rings (SSSR count). The van der Waals surface area contributed by atoms with E-state index < -0.39 is 12.1 Å². The summed E-state index contributed by atoms with van der Waals surface area (Å²) in [5.41, 5.74) is 19.1. The molecule has 2 unspecified atom stereocenters. The summed E-state index contributed by atoms with van der Waals surface area (Å²) in [7, 11) is 0. The van der Waals surface area contributed by atoms with Crippen molar-refractivity contribution in [2.45, 2.75) is 102 Å². The third-order valence-electron chi connectivity index (χ3n) is 10.0. The van der Waals surface area contributed by atoms with Crippen LogP contribution in [0, 0.1) is 23.2 Å². The van der Waals surface area contributed by atoms with Crippen molar-refractivity contribution in [3.05, 3.63) is 69.2 Å². The first-order chi connectivity index (χ1) is 24.0. The van der Waals surface area contributed by atoms with Gasteiger partial charge in [-0.25, -0.2) is 0 Å². The summed E-state index contributed by atoms with van der Waals surface area (Å²) in [5.74, 6) is -1.08. The molecule has 2 saturated carbocycles. The molecule has 2 aliphatic carbocycles. The molecule has 2 aliphatic rings. The van der Waals surface area contributed by atoms with E-state index >= 15 is 0 Å². The van der Waals surface area contributed by atoms with E-state index in [9.17, 15) is 14.4 Å². The van der Waals surface area contributed by atoms with E-state index in [1.54, 1.807) is 18.2 Å². The number of carbonyl (C=O) groups is 3. The topological polar surface area (TPSA) is 202 Å². The van der Waals surface area contributed by atoms with E-state index in [4.69, 9.17) is 45.8 Å². The van der Waals surface area contributed by atoms with Crippen LogP contribution in [0.5, 0.6) is 0 Å². The van der Waals surface area contributed by atoms with Crippen molar-refractivity contribution in [3.8, 4) is 0 Å². The molecule has 0 aromatic heterocycles. The van der Waals surface area contributed by atoms with Gasteiger partial charge in [0.2, 0.25) is 17.7 Å². The standard InChI is InChI=1S/C37H52Cl2N8O3/c38-29-18-15-24(21-30(29)39)22-45-35(49)31(12-7-19-44-37(42)43)46-36(50)32(26-10-5-2-6-11-26)47-34(48)28(25-8-3-1-4-9-25)20-23-13-16-27(17-14-23)33(40)41/h13-18,21,25-26,28,31-32H,1-12,19-20,22H2,(H3,40,41)(H,45,49)(H,46,50)(H,47,48)(H4,42,43,44)/t28?,31-,32?/m0/s1. The second-order valence-electron chi connectivity index (χ2n) is 13.7. The van der Waals surface area contributed by atoms with Crippen LogP contribution in [0.2, 0.25) is 10.0 Å². The largest absolute Gasteiger partial charge is 0.384 e. The third kappa shape index (κ3) is 11.9. The van der Waals surface area contributed by atoms with Crippen LogP contribution in [0.25, 0.3) is 0 Å². The predicted molar refractivity (Wildman–Crippen MR) is 200 cm³/mol. The van der Waals surface area contributed by atoms with Gasteiger partial charge in [0.1, 0.15) is 17.9 Å². The highest BCUT2D eigenvalue weighted by Crippen LogP contribution is 2.33. The Kier molecular flexibility index (Phi) is 15.2. The number of rotatable bonds is 16. The molecule has 50 heavy (non-hydrogen) atoms. The number of benzene rings is 2. The molecule has 0 radical (unpaired) electrons. The number of nitrogen functional groups attached to an aromatic ring is 1. The first-order valence-electron chi connectivity index (χ1n) is 17.8. The SMILES string of the molecule is N=C(N)c1ccc(CC(C(=O)NC(C(=O)N[C@@H](CCCN=C(N)N)C(=O)NCc2ccc(Cl)c(Cl)c2)C2CCCCC2)C2CCCCC2)cc1. The maximum Gasteiger partial charge on any atom is 0.243 e. The van der Waals surface area contributed by atoms with E-state index in [2.05, 4.69) is 20.9 Å². The highest BCUT2D eigenvalue weighted by atomic mass is 35.5. The number of halogens is 2. The van der Waals surface area contributed by atoms with Crippen molar-refractivity contribution in [2.75, 3.05) is 6.54 Å². The molecular formula is C37H52Cl2N8O3. The van der Waals surface area contributed by atoms with Crippen molar-refractivity contribution in [1.82, 2.24) is 16.0 Å². The fourth-order valence-corrected chi connectivity index (χ4v) is 7.53. The average molecular weight is 728 g/mol. The number of nitrogens with two attached hydrogens (primary N) is 3. The molecule has 2 aromatic rings. The summed E-state index contributed by atoms with van der Waals surface area (Å²) in [5, 5.41) is 17.6. The number of guanidine groups is 1. The van der Waals surface area contributed by atoms with Gasteiger partial charge in [0, 0.05) is 24.6 Å². The van der Waals surface area contributed by atoms with Crippen molar-refractivity contribution < 1.29 is 14.4 Å². The Bertz CT molecular complexity index is 1490. The molecule has 0 spiro atoms. The molecule has 0 saturated heterocycles. The number of hydrogen-bond acceptors (Lipinski definition) is 5. The van der Waals surface area contributed by atoms with E-state index in [0.717, 1.165) is 75.3 Å². The highest BCUT2D eigenvalue weighted by molar-refractivity contribution is 6.42. The molecule has 11 nitrogen and oxygen atoms in total. The lowest BCUT2D eigenvalue weighted by molar-refractivity contribution is -0.135. The van der Waals surface area contributed by atoms with E-state index in [1.165, 1.54) is 0 Å². The fraction of sp³-hybridized carbons (Fsp3) is 0.541. The summed E-state index contributed by atoms with van der Waals surface area (Å²) < 4.78 is 0. The van der Waals surface area contributed by atoms with E-state index in [-0.39, 0.29) is 53.8 Å². The molecular weight excluding hydrogens is 675 g/mol. The van der Waals surface area contributed by atoms with Gasteiger partial charge < -0.3 is 33.2 Å². The lowest BCUT2D eigenvalue weighted by atomic mass is 9.76. The van der Waals surface area contributed by atoms with Gasteiger partial charge in [-0.3, -0.25) is 24.8 Å². The molecule has 0 bridgehead atoms. The number of nitrogens with zero attached hydrogens (tertiary/aromatic N) is 1. The van der Waals surface area contributed by atoms with Crippen LogP contribution in [0.3, 0.4) is 0 Å². The summed E-state index contributed by atoms with van der Waals surface area (Å²) in [6.07, 6.45) is 11.2. The van der Waals surface area contributed by atoms with Crippen LogP contribution in [-0.4, -0.2) is 48.1 Å². The number of aliphatic imine (C=N–C) groups is 1. The zero-order valence-corrected chi connectivity index (χ0v) is 30.2. The third-order valence-corrected chi connectivity index (χ3v) is 10.7. The quantitative estimate of drug-likeness (QED) is 0.0725. The molecule has 13 heteroatoms. The Labute approximate surface area is 305 Å². The van der Waals surface area contributed by atoms with Crippen LogP contribution in [-0.2, 0) is 27.3 Å². The first kappa shape index (κ1) is 39.0. The van der Waals surface area contributed by atoms with Gasteiger partial charge >= 0.3 is 0 Å². The van der Waals surface area contributed by atoms with Gasteiger partial charge in [0.25, 0.3) is 0 Å². The van der Waals surface area contributed by atoms with Gasteiger partial charge in [-0.15, -0.1) is 0 Å². The smallest absolute Gasteiger partial charge is 0.243 e. The van der Waals surface area contributed by atoms with Crippen molar-refractivity contribution in [1.29, 1.82) is 5.41 Å². The number of amidine groups is 1. The Balaban J connectivity index is 1.53. The second kappa shape index (κ2) is 19.5. The molecule has 272 valence electrons. The summed E-state index contributed by atoms with van der Waals surface area (Å²) >= 11 is 12.2. The van der Waals surface area contributed by atoms with Crippen LogP contribution in [0.1, 0.15) is 93.7 Å². The van der Waals surface area contributed by atoms with Crippen molar-refractivity contribution in [3.63, 3.8) is 0 Å². The molecule has 0 heterocycles. The Morgan fingerprint density at radius 3 is 2.00 bits per heavy atom. The number of hydrogen-bond donors (Lipinski definition) is 7. The van der Waals surface area contributed by atoms with Crippen LogP contribution < -0.4 is 33.2 Å². The van der Waals surface area contributed by atoms with Crippen LogP contribution in [0.4, 0.5) is 0 Å². The minimum absolute atomic E-state index is 0.00272. The highest BCUT2D eigenvalue weighted by Gasteiger charge is 2.37. The first-order valence-corrected chi connectivity index (χ1v) is 18.6. The summed E-state index contributed by atoms with van der Waals surface area (Å²) in [6, 6.07) is 10.9.